The summed E-state index contributed by atoms with van der Waals surface area (Å²) in [5.74, 6) is 0. The van der Waals surface area contributed by atoms with E-state index in [0.29, 0.717) is 11.5 Å². The largest absolute Gasteiger partial charge is 0.312 e. The SMILES string of the molecule is CCCNC(CCC)C(CC)N1CCC(CC)(CC)CC1. The van der Waals surface area contributed by atoms with Gasteiger partial charge in [0.2, 0.25) is 0 Å². The molecular weight excluding hydrogens is 256 g/mol. The quantitative estimate of drug-likeness (QED) is 0.621. The second kappa shape index (κ2) is 9.84. The molecule has 2 heteroatoms. The molecule has 1 saturated heterocycles. The summed E-state index contributed by atoms with van der Waals surface area (Å²) < 4.78 is 0. The van der Waals surface area contributed by atoms with E-state index >= 15 is 0 Å². The molecule has 1 rings (SSSR count). The lowest BCUT2D eigenvalue weighted by Crippen LogP contribution is -2.53. The number of hydrogen-bond donors (Lipinski definition) is 1. The highest BCUT2D eigenvalue weighted by Crippen LogP contribution is 2.38. The van der Waals surface area contributed by atoms with E-state index in [2.05, 4.69) is 44.8 Å². The topological polar surface area (TPSA) is 15.3 Å². The molecule has 0 aliphatic carbocycles. The van der Waals surface area contributed by atoms with Crippen LogP contribution >= 0.6 is 0 Å². The van der Waals surface area contributed by atoms with E-state index in [1.807, 2.05) is 0 Å². The van der Waals surface area contributed by atoms with Crippen molar-refractivity contribution in [2.75, 3.05) is 19.6 Å². The molecule has 1 aliphatic rings. The van der Waals surface area contributed by atoms with E-state index in [0.717, 1.165) is 6.04 Å². The summed E-state index contributed by atoms with van der Waals surface area (Å²) >= 11 is 0. The average molecular weight is 297 g/mol. The summed E-state index contributed by atoms with van der Waals surface area (Å²) in [6.45, 7) is 15.5. The van der Waals surface area contributed by atoms with E-state index in [4.69, 9.17) is 0 Å². The van der Waals surface area contributed by atoms with E-state index < -0.39 is 0 Å². The van der Waals surface area contributed by atoms with Gasteiger partial charge >= 0.3 is 0 Å². The Kier molecular flexibility index (Phi) is 8.89. The Labute approximate surface area is 134 Å². The normalized spacial score (nSPS) is 22.1. The summed E-state index contributed by atoms with van der Waals surface area (Å²) in [4.78, 5) is 2.80. The van der Waals surface area contributed by atoms with Gasteiger partial charge in [0.15, 0.2) is 0 Å². The fourth-order valence-electron chi connectivity index (χ4n) is 4.16. The molecule has 0 radical (unpaired) electrons. The van der Waals surface area contributed by atoms with Crippen LogP contribution < -0.4 is 5.32 Å². The van der Waals surface area contributed by atoms with Gasteiger partial charge in [0, 0.05) is 12.1 Å². The Bertz CT molecular complexity index is 250. The molecule has 2 nitrogen and oxygen atoms in total. The lowest BCUT2D eigenvalue weighted by Gasteiger charge is -2.46. The minimum Gasteiger partial charge on any atom is -0.312 e. The molecule has 1 N–H and O–H groups in total. The van der Waals surface area contributed by atoms with Gasteiger partial charge in [-0.3, -0.25) is 4.90 Å². The van der Waals surface area contributed by atoms with E-state index in [9.17, 15) is 0 Å². The van der Waals surface area contributed by atoms with Crippen LogP contribution in [0.5, 0.6) is 0 Å². The van der Waals surface area contributed by atoms with Crippen molar-refractivity contribution in [2.45, 2.75) is 98.1 Å². The van der Waals surface area contributed by atoms with Gasteiger partial charge < -0.3 is 5.32 Å². The van der Waals surface area contributed by atoms with Gasteiger partial charge in [0.1, 0.15) is 0 Å². The molecule has 1 fully saturated rings. The van der Waals surface area contributed by atoms with Gasteiger partial charge in [-0.15, -0.1) is 0 Å². The summed E-state index contributed by atoms with van der Waals surface area (Å²) in [5.41, 5.74) is 0.645. The molecule has 0 spiro atoms. The lowest BCUT2D eigenvalue weighted by atomic mass is 9.73. The van der Waals surface area contributed by atoms with Crippen LogP contribution in [-0.4, -0.2) is 36.6 Å². The fourth-order valence-corrected chi connectivity index (χ4v) is 4.16. The summed E-state index contributed by atoms with van der Waals surface area (Å²) in [5, 5.41) is 3.83. The number of piperidine rings is 1. The number of nitrogens with one attached hydrogen (secondary N) is 1. The molecule has 21 heavy (non-hydrogen) atoms. The molecule has 0 saturated carbocycles. The maximum Gasteiger partial charge on any atom is 0.0246 e. The van der Waals surface area contributed by atoms with Crippen molar-refractivity contribution in [3.05, 3.63) is 0 Å². The third-order valence-electron chi connectivity index (χ3n) is 5.97. The molecule has 1 aliphatic heterocycles. The smallest absolute Gasteiger partial charge is 0.0246 e. The van der Waals surface area contributed by atoms with Crippen molar-refractivity contribution < 1.29 is 0 Å². The molecule has 2 unspecified atom stereocenters. The average Bonchev–Trinajstić information content (AvgIpc) is 2.54. The maximum absolute atomic E-state index is 3.83. The van der Waals surface area contributed by atoms with Crippen molar-refractivity contribution >= 4 is 0 Å². The highest BCUT2D eigenvalue weighted by Gasteiger charge is 2.35. The van der Waals surface area contributed by atoms with Crippen LogP contribution in [0.4, 0.5) is 0 Å². The van der Waals surface area contributed by atoms with Crippen molar-refractivity contribution in [1.82, 2.24) is 10.2 Å². The van der Waals surface area contributed by atoms with Crippen molar-refractivity contribution in [2.24, 2.45) is 5.41 Å². The molecule has 0 aromatic rings. The van der Waals surface area contributed by atoms with Crippen LogP contribution in [0.15, 0.2) is 0 Å². The van der Waals surface area contributed by atoms with Crippen LogP contribution in [0.3, 0.4) is 0 Å². The van der Waals surface area contributed by atoms with Crippen LogP contribution in [0.2, 0.25) is 0 Å². The summed E-state index contributed by atoms with van der Waals surface area (Å²) in [6, 6.07) is 1.43. The zero-order chi connectivity index (χ0) is 15.7. The second-order valence-electron chi connectivity index (χ2n) is 7.07. The van der Waals surface area contributed by atoms with Gasteiger partial charge in [0.05, 0.1) is 0 Å². The van der Waals surface area contributed by atoms with E-state index in [1.165, 1.54) is 71.0 Å². The van der Waals surface area contributed by atoms with E-state index in [-0.39, 0.29) is 0 Å². The van der Waals surface area contributed by atoms with Crippen LogP contribution in [-0.2, 0) is 0 Å². The Morgan fingerprint density at radius 1 is 0.952 bits per heavy atom. The van der Waals surface area contributed by atoms with Gasteiger partial charge in [0.25, 0.3) is 0 Å². The Morgan fingerprint density at radius 3 is 2.00 bits per heavy atom. The second-order valence-corrected chi connectivity index (χ2v) is 7.07. The van der Waals surface area contributed by atoms with Gasteiger partial charge in [-0.25, -0.2) is 0 Å². The van der Waals surface area contributed by atoms with Crippen molar-refractivity contribution in [1.29, 1.82) is 0 Å². The third kappa shape index (κ3) is 5.25. The maximum atomic E-state index is 3.83. The number of hydrogen-bond acceptors (Lipinski definition) is 2. The molecular formula is C19H40N2. The highest BCUT2D eigenvalue weighted by atomic mass is 15.2. The van der Waals surface area contributed by atoms with Gasteiger partial charge in [-0.1, -0.05) is 53.9 Å². The number of rotatable bonds is 10. The minimum absolute atomic E-state index is 0.645. The van der Waals surface area contributed by atoms with Gasteiger partial charge in [-0.05, 0) is 57.2 Å². The van der Waals surface area contributed by atoms with Crippen molar-refractivity contribution in [3.8, 4) is 0 Å². The first-order valence-corrected chi connectivity index (χ1v) is 9.63. The third-order valence-corrected chi connectivity index (χ3v) is 5.97. The Morgan fingerprint density at radius 2 is 1.57 bits per heavy atom. The zero-order valence-corrected chi connectivity index (χ0v) is 15.4. The van der Waals surface area contributed by atoms with Crippen molar-refractivity contribution in [3.63, 3.8) is 0 Å². The standard InChI is InChI=1S/C19H40N2/c1-6-11-17(20-14-7-2)18(8-3)21-15-12-19(9-4,10-5)13-16-21/h17-18,20H,6-16H2,1-5H3. The molecule has 126 valence electrons. The number of nitrogens with zero attached hydrogens (tertiary/aromatic N) is 1. The van der Waals surface area contributed by atoms with E-state index in [1.54, 1.807) is 0 Å². The molecule has 0 aromatic carbocycles. The Hall–Kier alpha value is -0.0800. The number of likely N-dealkylation sites (tertiary alicyclic amines) is 1. The predicted molar refractivity (Wildman–Crippen MR) is 94.9 cm³/mol. The predicted octanol–water partition coefficient (Wildman–Crippen LogP) is 4.84. The van der Waals surface area contributed by atoms with Crippen LogP contribution in [0, 0.1) is 5.41 Å². The molecule has 0 aromatic heterocycles. The minimum atomic E-state index is 0.645. The lowest BCUT2D eigenvalue weighted by molar-refractivity contribution is 0.0493. The van der Waals surface area contributed by atoms with Gasteiger partial charge in [-0.2, -0.15) is 0 Å². The molecule has 0 amide bonds. The summed E-state index contributed by atoms with van der Waals surface area (Å²) in [6.07, 6.45) is 10.7. The molecule has 0 bridgehead atoms. The fraction of sp³-hybridized carbons (Fsp3) is 1.00. The summed E-state index contributed by atoms with van der Waals surface area (Å²) in [7, 11) is 0. The Balaban J connectivity index is 2.62. The monoisotopic (exact) mass is 296 g/mol. The first kappa shape index (κ1) is 19.0. The first-order chi connectivity index (χ1) is 10.2. The molecule has 2 atom stereocenters. The highest BCUT2D eigenvalue weighted by molar-refractivity contribution is 4.90. The first-order valence-electron chi connectivity index (χ1n) is 9.63. The van der Waals surface area contributed by atoms with Crippen LogP contribution in [0.1, 0.15) is 86.0 Å². The van der Waals surface area contributed by atoms with Crippen LogP contribution in [0.25, 0.3) is 0 Å². The zero-order valence-electron chi connectivity index (χ0n) is 15.4. The molecule has 1 heterocycles.